The average molecular weight is 269 g/mol. The number of rotatable bonds is 4. The Kier molecular flexibility index (Phi) is 3.07. The molecule has 2 aliphatic carbocycles. The molecule has 106 valence electrons. The minimum Gasteiger partial charge on any atom is -0.488 e. The number of para-hydroxylation sites is 1. The molecule has 20 heavy (non-hydrogen) atoms. The zero-order valence-corrected chi connectivity index (χ0v) is 12.1. The molecule has 3 aliphatic rings. The van der Waals surface area contributed by atoms with Gasteiger partial charge < -0.3 is 10.1 Å². The fourth-order valence-electron chi connectivity index (χ4n) is 4.23. The standard InChI is InChI=1S/C18H23NO/c1-12(17-9-13-6-7-14(17)8-13)19-11-16-10-15-4-2-3-5-18(15)20-16/h2-7,12-14,16-17,19H,8-11H2,1H3. The number of hydrogen-bond donors (Lipinski definition) is 1. The molecule has 1 N–H and O–H groups in total. The lowest BCUT2D eigenvalue weighted by Crippen LogP contribution is -2.41. The van der Waals surface area contributed by atoms with E-state index < -0.39 is 0 Å². The van der Waals surface area contributed by atoms with Gasteiger partial charge in [0.05, 0.1) is 0 Å². The first-order valence-electron chi connectivity index (χ1n) is 7.96. The number of allylic oxidation sites excluding steroid dienone is 2. The smallest absolute Gasteiger partial charge is 0.123 e. The molecule has 0 amide bonds. The molecule has 1 fully saturated rings. The van der Waals surface area contributed by atoms with Crippen LogP contribution in [0.25, 0.3) is 0 Å². The summed E-state index contributed by atoms with van der Waals surface area (Å²) in [5, 5.41) is 3.73. The van der Waals surface area contributed by atoms with Crippen LogP contribution in [0.3, 0.4) is 0 Å². The van der Waals surface area contributed by atoms with Gasteiger partial charge in [0.1, 0.15) is 11.9 Å². The highest BCUT2D eigenvalue weighted by Crippen LogP contribution is 2.44. The van der Waals surface area contributed by atoms with Crippen molar-refractivity contribution in [3.05, 3.63) is 42.0 Å². The van der Waals surface area contributed by atoms with Gasteiger partial charge in [-0.2, -0.15) is 0 Å². The van der Waals surface area contributed by atoms with Crippen LogP contribution in [0.4, 0.5) is 0 Å². The number of nitrogens with one attached hydrogen (secondary N) is 1. The highest BCUT2D eigenvalue weighted by Gasteiger charge is 2.38. The Hall–Kier alpha value is -1.28. The van der Waals surface area contributed by atoms with Crippen molar-refractivity contribution < 1.29 is 4.74 Å². The molecule has 1 aromatic carbocycles. The lowest BCUT2D eigenvalue weighted by molar-refractivity contribution is 0.209. The third-order valence-electron chi connectivity index (χ3n) is 5.35. The van der Waals surface area contributed by atoms with Crippen molar-refractivity contribution in [2.45, 2.75) is 38.3 Å². The highest BCUT2D eigenvalue weighted by molar-refractivity contribution is 5.37. The molecule has 2 heteroatoms. The summed E-state index contributed by atoms with van der Waals surface area (Å²) in [6.45, 7) is 3.31. The van der Waals surface area contributed by atoms with Gasteiger partial charge >= 0.3 is 0 Å². The van der Waals surface area contributed by atoms with E-state index in [0.29, 0.717) is 12.1 Å². The second kappa shape index (κ2) is 4.92. The summed E-state index contributed by atoms with van der Waals surface area (Å²) in [6.07, 6.45) is 8.99. The molecule has 0 aromatic heterocycles. The Morgan fingerprint density at radius 2 is 2.15 bits per heavy atom. The van der Waals surface area contributed by atoms with E-state index in [2.05, 4.69) is 48.7 Å². The van der Waals surface area contributed by atoms with E-state index in [1.54, 1.807) is 0 Å². The number of ether oxygens (including phenoxy) is 1. The predicted octanol–water partition coefficient (Wildman–Crippen LogP) is 3.18. The third-order valence-corrected chi connectivity index (χ3v) is 5.35. The van der Waals surface area contributed by atoms with Gasteiger partial charge in [0, 0.05) is 19.0 Å². The van der Waals surface area contributed by atoms with Crippen LogP contribution in [0.15, 0.2) is 36.4 Å². The number of benzene rings is 1. The Bertz CT molecular complexity index is 499. The van der Waals surface area contributed by atoms with Crippen molar-refractivity contribution in [2.24, 2.45) is 17.8 Å². The van der Waals surface area contributed by atoms with Crippen LogP contribution in [0.5, 0.6) is 5.75 Å². The second-order valence-electron chi connectivity index (χ2n) is 6.69. The summed E-state index contributed by atoms with van der Waals surface area (Å²) >= 11 is 0. The predicted molar refractivity (Wildman–Crippen MR) is 80.9 cm³/mol. The van der Waals surface area contributed by atoms with Gasteiger partial charge in [0.25, 0.3) is 0 Å². The maximum atomic E-state index is 6.01. The number of hydrogen-bond acceptors (Lipinski definition) is 2. The fourth-order valence-corrected chi connectivity index (χ4v) is 4.23. The minimum atomic E-state index is 0.309. The van der Waals surface area contributed by atoms with E-state index in [1.165, 1.54) is 18.4 Å². The molecule has 1 aliphatic heterocycles. The summed E-state index contributed by atoms with van der Waals surface area (Å²) in [7, 11) is 0. The lowest BCUT2D eigenvalue weighted by atomic mass is 9.87. The van der Waals surface area contributed by atoms with Gasteiger partial charge in [-0.25, -0.2) is 0 Å². The van der Waals surface area contributed by atoms with Crippen LogP contribution in [-0.4, -0.2) is 18.7 Å². The maximum absolute atomic E-state index is 6.01. The molecule has 5 atom stereocenters. The summed E-state index contributed by atoms with van der Waals surface area (Å²) < 4.78 is 6.01. The summed E-state index contributed by atoms with van der Waals surface area (Å²) in [5.41, 5.74) is 1.36. The molecule has 2 nitrogen and oxygen atoms in total. The van der Waals surface area contributed by atoms with Crippen molar-refractivity contribution in [1.82, 2.24) is 5.32 Å². The zero-order chi connectivity index (χ0) is 13.5. The van der Waals surface area contributed by atoms with Gasteiger partial charge in [-0.05, 0) is 49.1 Å². The molecule has 1 aromatic rings. The first-order valence-corrected chi connectivity index (χ1v) is 7.96. The van der Waals surface area contributed by atoms with Crippen molar-refractivity contribution in [1.29, 1.82) is 0 Å². The fraction of sp³-hybridized carbons (Fsp3) is 0.556. The molecule has 0 radical (unpaired) electrons. The van der Waals surface area contributed by atoms with Crippen LogP contribution in [0.1, 0.15) is 25.3 Å². The van der Waals surface area contributed by atoms with E-state index in [0.717, 1.165) is 36.5 Å². The Balaban J connectivity index is 1.30. The quantitative estimate of drug-likeness (QED) is 0.848. The first-order chi connectivity index (χ1) is 9.79. The summed E-state index contributed by atoms with van der Waals surface area (Å²) in [6, 6.07) is 9.02. The van der Waals surface area contributed by atoms with E-state index in [4.69, 9.17) is 4.74 Å². The lowest BCUT2D eigenvalue weighted by Gasteiger charge is -2.27. The molecule has 1 heterocycles. The summed E-state index contributed by atoms with van der Waals surface area (Å²) in [4.78, 5) is 0. The molecule has 0 spiro atoms. The topological polar surface area (TPSA) is 21.3 Å². The first kappa shape index (κ1) is 12.5. The van der Waals surface area contributed by atoms with E-state index in [-0.39, 0.29) is 0 Å². The van der Waals surface area contributed by atoms with Gasteiger partial charge in [-0.1, -0.05) is 30.4 Å². The van der Waals surface area contributed by atoms with Gasteiger partial charge in [0.15, 0.2) is 0 Å². The number of fused-ring (bicyclic) bond motifs is 3. The molecule has 4 rings (SSSR count). The minimum absolute atomic E-state index is 0.309. The van der Waals surface area contributed by atoms with Gasteiger partial charge in [-0.15, -0.1) is 0 Å². The molecular formula is C18H23NO. The molecular weight excluding hydrogens is 246 g/mol. The van der Waals surface area contributed by atoms with E-state index in [9.17, 15) is 0 Å². The van der Waals surface area contributed by atoms with Crippen molar-refractivity contribution in [2.75, 3.05) is 6.54 Å². The Labute approximate surface area is 121 Å². The molecule has 1 saturated carbocycles. The molecule has 2 bridgehead atoms. The van der Waals surface area contributed by atoms with Crippen LogP contribution < -0.4 is 10.1 Å². The van der Waals surface area contributed by atoms with Gasteiger partial charge in [-0.3, -0.25) is 0 Å². The Morgan fingerprint density at radius 3 is 2.90 bits per heavy atom. The van der Waals surface area contributed by atoms with E-state index >= 15 is 0 Å². The van der Waals surface area contributed by atoms with Crippen molar-refractivity contribution >= 4 is 0 Å². The SMILES string of the molecule is CC(NCC1Cc2ccccc2O1)C1CC2C=CC1C2. The maximum Gasteiger partial charge on any atom is 0.123 e. The molecule has 5 unspecified atom stereocenters. The largest absolute Gasteiger partial charge is 0.488 e. The summed E-state index contributed by atoms with van der Waals surface area (Å²) in [5.74, 6) is 3.59. The third kappa shape index (κ3) is 2.16. The van der Waals surface area contributed by atoms with Crippen LogP contribution >= 0.6 is 0 Å². The van der Waals surface area contributed by atoms with Crippen LogP contribution in [0, 0.1) is 17.8 Å². The monoisotopic (exact) mass is 269 g/mol. The van der Waals surface area contributed by atoms with E-state index in [1.807, 2.05) is 0 Å². The normalized spacial score (nSPS) is 35.0. The van der Waals surface area contributed by atoms with Crippen molar-refractivity contribution in [3.8, 4) is 5.75 Å². The zero-order valence-electron chi connectivity index (χ0n) is 12.1. The van der Waals surface area contributed by atoms with Gasteiger partial charge in [0.2, 0.25) is 0 Å². The average Bonchev–Trinajstić information content (AvgIpc) is 3.18. The van der Waals surface area contributed by atoms with Crippen molar-refractivity contribution in [3.63, 3.8) is 0 Å². The second-order valence-corrected chi connectivity index (χ2v) is 6.69. The highest BCUT2D eigenvalue weighted by atomic mass is 16.5. The van der Waals surface area contributed by atoms with Crippen LogP contribution in [0.2, 0.25) is 0 Å². The molecule has 0 saturated heterocycles. The Morgan fingerprint density at radius 1 is 1.25 bits per heavy atom. The van der Waals surface area contributed by atoms with Crippen LogP contribution in [-0.2, 0) is 6.42 Å².